The van der Waals surface area contributed by atoms with Crippen LogP contribution < -0.4 is 19.9 Å². The van der Waals surface area contributed by atoms with Crippen molar-refractivity contribution in [2.24, 2.45) is 7.05 Å². The summed E-state index contributed by atoms with van der Waals surface area (Å²) in [5, 5.41) is 6.83. The highest BCUT2D eigenvalue weighted by atomic mass is 16.5. The van der Waals surface area contributed by atoms with Crippen molar-refractivity contribution in [2.45, 2.75) is 6.54 Å². The Kier molecular flexibility index (Phi) is 5.17. The predicted molar refractivity (Wildman–Crippen MR) is 89.4 cm³/mol. The van der Waals surface area contributed by atoms with Gasteiger partial charge in [0.25, 0.3) is 5.91 Å². The molecule has 130 valence electrons. The minimum atomic E-state index is -0.307. The molecule has 0 aliphatic heterocycles. The second-order valence-electron chi connectivity index (χ2n) is 5.55. The molecule has 0 unspecified atom stereocenters. The van der Waals surface area contributed by atoms with Crippen LogP contribution in [0.1, 0.15) is 16.2 Å². The molecule has 0 aromatic carbocycles. The van der Waals surface area contributed by atoms with E-state index in [-0.39, 0.29) is 18.3 Å². The number of aromatic nitrogens is 5. The van der Waals surface area contributed by atoms with Crippen LogP contribution in [0.25, 0.3) is 0 Å². The predicted octanol–water partition coefficient (Wildman–Crippen LogP) is -0.324. The first kappa shape index (κ1) is 17.4. The number of anilines is 2. The van der Waals surface area contributed by atoms with Crippen molar-refractivity contribution in [2.75, 3.05) is 45.1 Å². The van der Waals surface area contributed by atoms with E-state index >= 15 is 0 Å². The van der Waals surface area contributed by atoms with Crippen molar-refractivity contribution < 1.29 is 9.53 Å². The summed E-state index contributed by atoms with van der Waals surface area (Å²) in [5.74, 6) is 1.48. The summed E-state index contributed by atoms with van der Waals surface area (Å²) in [4.78, 5) is 28.9. The van der Waals surface area contributed by atoms with Crippen LogP contribution in [-0.2, 0) is 13.6 Å². The Morgan fingerprint density at radius 1 is 1.17 bits per heavy atom. The molecule has 0 spiro atoms. The van der Waals surface area contributed by atoms with Gasteiger partial charge >= 0.3 is 0 Å². The molecular formula is C14H22N8O2. The molecular weight excluding hydrogens is 312 g/mol. The Morgan fingerprint density at radius 2 is 1.75 bits per heavy atom. The standard InChI is InChI=1S/C14H22N8O2/c1-20(2)13-16-10(17-14(18-13)21(3)4)7-15-11(23)9-8-22(5)19-12(9)24-6/h8H,7H2,1-6H3,(H,15,23). The van der Waals surface area contributed by atoms with Crippen LogP contribution in [0.4, 0.5) is 11.9 Å². The maximum atomic E-state index is 12.3. The summed E-state index contributed by atoms with van der Waals surface area (Å²) in [6.45, 7) is 0.168. The molecule has 2 rings (SSSR count). The van der Waals surface area contributed by atoms with E-state index in [0.717, 1.165) is 0 Å². The minimum absolute atomic E-state index is 0.168. The topological polar surface area (TPSA) is 101 Å². The van der Waals surface area contributed by atoms with E-state index in [1.54, 1.807) is 23.0 Å². The number of carbonyl (C=O) groups is 1. The Hall–Kier alpha value is -2.91. The Labute approximate surface area is 140 Å². The SMILES string of the molecule is COc1nn(C)cc1C(=O)NCc1nc(N(C)C)nc(N(C)C)n1. The van der Waals surface area contributed by atoms with Crippen LogP contribution >= 0.6 is 0 Å². The molecule has 2 heterocycles. The molecule has 10 nitrogen and oxygen atoms in total. The number of methoxy groups -OCH3 is 1. The molecule has 0 bridgehead atoms. The fourth-order valence-electron chi connectivity index (χ4n) is 1.90. The lowest BCUT2D eigenvalue weighted by molar-refractivity contribution is 0.0946. The lowest BCUT2D eigenvalue weighted by atomic mass is 10.3. The maximum Gasteiger partial charge on any atom is 0.258 e. The van der Waals surface area contributed by atoms with Crippen molar-refractivity contribution in [3.63, 3.8) is 0 Å². The largest absolute Gasteiger partial charge is 0.479 e. The van der Waals surface area contributed by atoms with Gasteiger partial charge in [0.2, 0.25) is 17.8 Å². The van der Waals surface area contributed by atoms with Crippen molar-refractivity contribution in [1.29, 1.82) is 0 Å². The maximum absolute atomic E-state index is 12.3. The van der Waals surface area contributed by atoms with Crippen molar-refractivity contribution in [3.05, 3.63) is 17.6 Å². The molecule has 2 aromatic heterocycles. The molecule has 0 fully saturated rings. The van der Waals surface area contributed by atoms with Crippen LogP contribution in [-0.4, -0.2) is 65.9 Å². The highest BCUT2D eigenvalue weighted by Gasteiger charge is 2.17. The lowest BCUT2D eigenvalue weighted by Gasteiger charge is -2.16. The number of aryl methyl sites for hydroxylation is 1. The smallest absolute Gasteiger partial charge is 0.258 e. The number of rotatable bonds is 6. The molecule has 0 radical (unpaired) electrons. The zero-order valence-electron chi connectivity index (χ0n) is 14.7. The van der Waals surface area contributed by atoms with Gasteiger partial charge in [-0.1, -0.05) is 0 Å². The minimum Gasteiger partial charge on any atom is -0.479 e. The molecule has 0 saturated carbocycles. The van der Waals surface area contributed by atoms with Crippen LogP contribution in [0.5, 0.6) is 5.88 Å². The van der Waals surface area contributed by atoms with E-state index in [1.807, 2.05) is 28.2 Å². The third-order valence-corrected chi connectivity index (χ3v) is 3.10. The first-order chi connectivity index (χ1) is 11.3. The number of nitrogens with one attached hydrogen (secondary N) is 1. The molecule has 24 heavy (non-hydrogen) atoms. The summed E-state index contributed by atoms with van der Waals surface area (Å²) < 4.78 is 6.61. The average Bonchev–Trinajstić information content (AvgIpc) is 2.93. The molecule has 10 heteroatoms. The van der Waals surface area contributed by atoms with Gasteiger partial charge in [-0.05, 0) is 0 Å². The van der Waals surface area contributed by atoms with Gasteiger partial charge in [0.05, 0.1) is 13.7 Å². The molecule has 0 aliphatic rings. The number of hydrogen-bond acceptors (Lipinski definition) is 8. The summed E-state index contributed by atoms with van der Waals surface area (Å²) in [6.07, 6.45) is 1.60. The molecule has 1 amide bonds. The first-order valence-electron chi connectivity index (χ1n) is 7.27. The van der Waals surface area contributed by atoms with Crippen molar-refractivity contribution >= 4 is 17.8 Å². The molecule has 1 N–H and O–H groups in total. The molecule has 0 aliphatic carbocycles. The van der Waals surface area contributed by atoms with E-state index in [4.69, 9.17) is 4.74 Å². The fraction of sp³-hybridized carbons (Fsp3) is 0.500. The Bertz CT molecular complexity index is 699. The van der Waals surface area contributed by atoms with Gasteiger partial charge in [-0.3, -0.25) is 9.48 Å². The van der Waals surface area contributed by atoms with E-state index in [2.05, 4.69) is 25.4 Å². The second-order valence-corrected chi connectivity index (χ2v) is 5.55. The summed E-state index contributed by atoms with van der Waals surface area (Å²) in [7, 11) is 10.6. The van der Waals surface area contributed by atoms with Crippen LogP contribution in [0.15, 0.2) is 6.20 Å². The molecule has 0 atom stereocenters. The number of hydrogen-bond donors (Lipinski definition) is 1. The zero-order valence-corrected chi connectivity index (χ0v) is 14.7. The Balaban J connectivity index is 2.17. The van der Waals surface area contributed by atoms with Gasteiger partial charge in [0, 0.05) is 41.4 Å². The fourth-order valence-corrected chi connectivity index (χ4v) is 1.90. The van der Waals surface area contributed by atoms with Gasteiger partial charge in [-0.25, -0.2) is 0 Å². The normalized spacial score (nSPS) is 10.4. The number of carbonyl (C=O) groups excluding carboxylic acids is 1. The van der Waals surface area contributed by atoms with Crippen LogP contribution in [0.3, 0.4) is 0 Å². The van der Waals surface area contributed by atoms with Crippen molar-refractivity contribution in [3.8, 4) is 5.88 Å². The van der Waals surface area contributed by atoms with Crippen LogP contribution in [0, 0.1) is 0 Å². The first-order valence-corrected chi connectivity index (χ1v) is 7.27. The van der Waals surface area contributed by atoms with E-state index in [0.29, 0.717) is 23.3 Å². The molecule has 0 saturated heterocycles. The monoisotopic (exact) mass is 334 g/mol. The van der Waals surface area contributed by atoms with Gasteiger partial charge in [-0.2, -0.15) is 15.0 Å². The van der Waals surface area contributed by atoms with Gasteiger partial charge in [-0.15, -0.1) is 5.10 Å². The van der Waals surface area contributed by atoms with E-state index in [9.17, 15) is 4.79 Å². The van der Waals surface area contributed by atoms with Gasteiger partial charge in [0.15, 0.2) is 5.82 Å². The van der Waals surface area contributed by atoms with Gasteiger partial charge in [0.1, 0.15) is 5.56 Å². The third kappa shape index (κ3) is 3.89. The number of amides is 1. The second kappa shape index (κ2) is 7.11. The summed E-state index contributed by atoms with van der Waals surface area (Å²) in [5.41, 5.74) is 0.356. The van der Waals surface area contributed by atoms with E-state index in [1.165, 1.54) is 11.8 Å². The average molecular weight is 334 g/mol. The summed E-state index contributed by atoms with van der Waals surface area (Å²) >= 11 is 0. The van der Waals surface area contributed by atoms with E-state index < -0.39 is 0 Å². The third-order valence-electron chi connectivity index (χ3n) is 3.10. The summed E-state index contributed by atoms with van der Waals surface area (Å²) in [6, 6.07) is 0. The molecule has 2 aromatic rings. The Morgan fingerprint density at radius 3 is 2.25 bits per heavy atom. The number of nitrogens with zero attached hydrogens (tertiary/aromatic N) is 7. The van der Waals surface area contributed by atoms with Crippen molar-refractivity contribution in [1.82, 2.24) is 30.0 Å². The van der Waals surface area contributed by atoms with Crippen LogP contribution in [0.2, 0.25) is 0 Å². The number of ether oxygens (including phenoxy) is 1. The quantitative estimate of drug-likeness (QED) is 0.767. The highest BCUT2D eigenvalue weighted by molar-refractivity contribution is 5.96. The van der Waals surface area contributed by atoms with Gasteiger partial charge < -0.3 is 19.9 Å². The zero-order chi connectivity index (χ0) is 17.9. The highest BCUT2D eigenvalue weighted by Crippen LogP contribution is 2.15. The lowest BCUT2D eigenvalue weighted by Crippen LogP contribution is -2.26.